The molecule has 0 unspecified atom stereocenters. The number of nitrogens with zero attached hydrogens (tertiary/aromatic N) is 1. The van der Waals surface area contributed by atoms with E-state index in [1.807, 2.05) is 36.5 Å². The lowest BCUT2D eigenvalue weighted by molar-refractivity contribution is 0.702. The van der Waals surface area contributed by atoms with Crippen LogP contribution in [0, 0.1) is 0 Å². The molecule has 23 heavy (non-hydrogen) atoms. The van der Waals surface area contributed by atoms with E-state index in [9.17, 15) is 0 Å². The second-order valence-corrected chi connectivity index (χ2v) is 6.65. The van der Waals surface area contributed by atoms with E-state index in [4.69, 9.17) is 5.73 Å². The molecule has 0 aliphatic heterocycles. The third-order valence-corrected chi connectivity index (χ3v) is 4.65. The summed E-state index contributed by atoms with van der Waals surface area (Å²) in [6.07, 6.45) is 2.61. The summed E-state index contributed by atoms with van der Waals surface area (Å²) < 4.78 is 1.07. The molecule has 0 saturated carbocycles. The van der Waals surface area contributed by atoms with Crippen molar-refractivity contribution in [3.63, 3.8) is 0 Å². The van der Waals surface area contributed by atoms with Crippen LogP contribution in [0.3, 0.4) is 0 Å². The lowest BCUT2D eigenvalue weighted by Gasteiger charge is -2.12. The zero-order valence-corrected chi connectivity index (χ0v) is 14.0. The first-order valence-electron chi connectivity index (χ1n) is 7.58. The molecule has 2 heterocycles. The standard InChI is InChI=1S/C19H16BrN3/c20-13-6-7-17-15(11-13)14-8-9-22-19(18(14)23-17)16(21)10-12-4-2-1-3-5-12/h1-9,11,16,23H,10,21H2/t16-/m1/s1. The van der Waals surface area contributed by atoms with Crippen molar-refractivity contribution in [3.05, 3.63) is 76.5 Å². The number of pyridine rings is 1. The van der Waals surface area contributed by atoms with Gasteiger partial charge in [0, 0.05) is 27.0 Å². The molecule has 3 nitrogen and oxygen atoms in total. The normalized spacial score (nSPS) is 12.8. The van der Waals surface area contributed by atoms with E-state index in [0.29, 0.717) is 0 Å². The highest BCUT2D eigenvalue weighted by Crippen LogP contribution is 2.31. The number of halogens is 1. The molecule has 0 aliphatic carbocycles. The Bertz CT molecular complexity index is 976. The Kier molecular flexibility index (Phi) is 3.63. The number of benzene rings is 2. The van der Waals surface area contributed by atoms with E-state index in [1.165, 1.54) is 10.9 Å². The molecular weight excluding hydrogens is 350 g/mol. The lowest BCUT2D eigenvalue weighted by atomic mass is 10.0. The Morgan fingerprint density at radius 3 is 2.70 bits per heavy atom. The fourth-order valence-corrected chi connectivity index (χ4v) is 3.42. The molecule has 0 amide bonds. The van der Waals surface area contributed by atoms with Crippen molar-refractivity contribution in [2.75, 3.05) is 0 Å². The molecule has 4 rings (SSSR count). The minimum absolute atomic E-state index is 0.141. The molecule has 3 N–H and O–H groups in total. The first-order valence-corrected chi connectivity index (χ1v) is 8.37. The Labute approximate surface area is 142 Å². The second-order valence-electron chi connectivity index (χ2n) is 5.73. The van der Waals surface area contributed by atoms with Crippen molar-refractivity contribution in [1.82, 2.24) is 9.97 Å². The number of rotatable bonds is 3. The number of aromatic amines is 1. The van der Waals surface area contributed by atoms with Crippen LogP contribution >= 0.6 is 15.9 Å². The van der Waals surface area contributed by atoms with E-state index in [-0.39, 0.29) is 6.04 Å². The van der Waals surface area contributed by atoms with Crippen LogP contribution in [0.5, 0.6) is 0 Å². The van der Waals surface area contributed by atoms with Crippen LogP contribution < -0.4 is 5.73 Å². The fourth-order valence-electron chi connectivity index (χ4n) is 3.06. The first kappa shape index (κ1) is 14.4. The fraction of sp³-hybridized carbons (Fsp3) is 0.105. The van der Waals surface area contributed by atoms with Crippen molar-refractivity contribution in [2.24, 2.45) is 5.73 Å². The van der Waals surface area contributed by atoms with Gasteiger partial charge in [0.2, 0.25) is 0 Å². The number of fused-ring (bicyclic) bond motifs is 3. The van der Waals surface area contributed by atoms with E-state index in [0.717, 1.165) is 33.0 Å². The molecule has 0 fully saturated rings. The maximum absolute atomic E-state index is 6.45. The molecule has 2 aromatic carbocycles. The van der Waals surface area contributed by atoms with Crippen LogP contribution in [0.4, 0.5) is 0 Å². The highest BCUT2D eigenvalue weighted by molar-refractivity contribution is 9.10. The predicted molar refractivity (Wildman–Crippen MR) is 98.4 cm³/mol. The summed E-state index contributed by atoms with van der Waals surface area (Å²) in [7, 11) is 0. The molecule has 0 saturated heterocycles. The van der Waals surface area contributed by atoms with Gasteiger partial charge in [-0.1, -0.05) is 46.3 Å². The maximum atomic E-state index is 6.45. The van der Waals surface area contributed by atoms with Gasteiger partial charge in [-0.05, 0) is 36.2 Å². The smallest absolute Gasteiger partial charge is 0.0815 e. The lowest BCUT2D eigenvalue weighted by Crippen LogP contribution is -2.15. The molecule has 0 bridgehead atoms. The Balaban J connectivity index is 1.82. The predicted octanol–water partition coefficient (Wildman–Crippen LogP) is 4.72. The van der Waals surface area contributed by atoms with Gasteiger partial charge in [-0.15, -0.1) is 0 Å². The molecule has 114 valence electrons. The van der Waals surface area contributed by atoms with Crippen LogP contribution in [0.1, 0.15) is 17.3 Å². The summed E-state index contributed by atoms with van der Waals surface area (Å²) in [6.45, 7) is 0. The van der Waals surface area contributed by atoms with E-state index < -0.39 is 0 Å². The summed E-state index contributed by atoms with van der Waals surface area (Å²) >= 11 is 3.54. The number of aromatic nitrogens is 2. The average Bonchev–Trinajstić information content (AvgIpc) is 2.93. The van der Waals surface area contributed by atoms with Crippen molar-refractivity contribution in [2.45, 2.75) is 12.5 Å². The Hall–Kier alpha value is -2.17. The summed E-state index contributed by atoms with van der Waals surface area (Å²) in [4.78, 5) is 8.03. The van der Waals surface area contributed by atoms with Gasteiger partial charge < -0.3 is 10.7 Å². The van der Waals surface area contributed by atoms with Gasteiger partial charge in [-0.3, -0.25) is 4.98 Å². The molecule has 1 atom stereocenters. The largest absolute Gasteiger partial charge is 0.353 e. The topological polar surface area (TPSA) is 54.7 Å². The summed E-state index contributed by atoms with van der Waals surface area (Å²) in [5, 5.41) is 2.35. The summed E-state index contributed by atoms with van der Waals surface area (Å²) in [5.74, 6) is 0. The summed E-state index contributed by atoms with van der Waals surface area (Å²) in [5.41, 5.74) is 10.7. The van der Waals surface area contributed by atoms with E-state index in [2.05, 4.69) is 50.2 Å². The zero-order chi connectivity index (χ0) is 15.8. The van der Waals surface area contributed by atoms with Crippen molar-refractivity contribution in [3.8, 4) is 0 Å². The minimum Gasteiger partial charge on any atom is -0.353 e. The van der Waals surface area contributed by atoms with E-state index >= 15 is 0 Å². The summed E-state index contributed by atoms with van der Waals surface area (Å²) in [6, 6.07) is 18.4. The van der Waals surface area contributed by atoms with Crippen LogP contribution in [-0.2, 0) is 6.42 Å². The van der Waals surface area contributed by atoms with Gasteiger partial charge in [0.15, 0.2) is 0 Å². The van der Waals surface area contributed by atoms with Crippen LogP contribution in [0.25, 0.3) is 21.8 Å². The van der Waals surface area contributed by atoms with Gasteiger partial charge in [0.1, 0.15) is 0 Å². The van der Waals surface area contributed by atoms with Crippen molar-refractivity contribution >= 4 is 37.7 Å². The molecule has 0 spiro atoms. The van der Waals surface area contributed by atoms with Gasteiger partial charge in [-0.2, -0.15) is 0 Å². The minimum atomic E-state index is -0.141. The maximum Gasteiger partial charge on any atom is 0.0815 e. The molecular formula is C19H16BrN3. The van der Waals surface area contributed by atoms with Crippen LogP contribution in [0.15, 0.2) is 65.3 Å². The third-order valence-electron chi connectivity index (χ3n) is 4.16. The number of H-pyrrole nitrogens is 1. The van der Waals surface area contributed by atoms with Gasteiger partial charge in [-0.25, -0.2) is 0 Å². The van der Waals surface area contributed by atoms with Gasteiger partial charge in [0.25, 0.3) is 0 Å². The first-order chi connectivity index (χ1) is 11.2. The van der Waals surface area contributed by atoms with Gasteiger partial charge >= 0.3 is 0 Å². The van der Waals surface area contributed by atoms with Crippen molar-refractivity contribution < 1.29 is 0 Å². The number of nitrogens with one attached hydrogen (secondary N) is 1. The number of hydrogen-bond donors (Lipinski definition) is 2. The van der Waals surface area contributed by atoms with E-state index in [1.54, 1.807) is 0 Å². The Morgan fingerprint density at radius 2 is 1.87 bits per heavy atom. The number of hydrogen-bond acceptors (Lipinski definition) is 2. The van der Waals surface area contributed by atoms with Gasteiger partial charge in [0.05, 0.1) is 17.3 Å². The highest BCUT2D eigenvalue weighted by Gasteiger charge is 2.15. The molecule has 0 radical (unpaired) electrons. The van der Waals surface area contributed by atoms with Crippen LogP contribution in [-0.4, -0.2) is 9.97 Å². The Morgan fingerprint density at radius 1 is 1.04 bits per heavy atom. The zero-order valence-electron chi connectivity index (χ0n) is 12.5. The number of nitrogens with two attached hydrogens (primary N) is 1. The molecule has 4 heteroatoms. The quantitative estimate of drug-likeness (QED) is 0.551. The SMILES string of the molecule is N[C@H](Cc1ccccc1)c1nccc2c1[nH]c1ccc(Br)cc12. The van der Waals surface area contributed by atoms with Crippen molar-refractivity contribution in [1.29, 1.82) is 0 Å². The molecule has 0 aliphatic rings. The monoisotopic (exact) mass is 365 g/mol. The second kappa shape index (κ2) is 5.80. The van der Waals surface area contributed by atoms with Crippen LogP contribution in [0.2, 0.25) is 0 Å². The third kappa shape index (κ3) is 2.64. The highest BCUT2D eigenvalue weighted by atomic mass is 79.9. The average molecular weight is 366 g/mol. The molecule has 4 aromatic rings. The molecule has 2 aromatic heterocycles.